The van der Waals surface area contributed by atoms with Gasteiger partial charge in [0.15, 0.2) is 0 Å². The summed E-state index contributed by atoms with van der Waals surface area (Å²) in [7, 11) is 1.96. The summed E-state index contributed by atoms with van der Waals surface area (Å²) >= 11 is 0. The smallest absolute Gasteiger partial charge is 0.406 e. The van der Waals surface area contributed by atoms with Gasteiger partial charge in [0.25, 0.3) is 0 Å². The molecule has 0 bridgehead atoms. The summed E-state index contributed by atoms with van der Waals surface area (Å²) in [4.78, 5) is 2.25. The van der Waals surface area contributed by atoms with Gasteiger partial charge in [-0.05, 0) is 50.7 Å². The lowest BCUT2D eigenvalue weighted by Crippen LogP contribution is -2.40. The van der Waals surface area contributed by atoms with E-state index in [4.69, 9.17) is 0 Å². The number of hydrogen-bond donors (Lipinski definition) is 1. The molecule has 0 atom stereocenters. The number of hydrogen-bond acceptors (Lipinski definition) is 3. The molecule has 0 aromatic heterocycles. The standard InChI is InChI=1S/C14H19F3N2O/c1-18-12-5-7-19(8-6-12)10-11-3-2-4-13(9-11)20-14(15,16)17/h2-4,9,12,18H,5-8,10H2,1H3. The zero-order valence-electron chi connectivity index (χ0n) is 11.4. The molecule has 1 N–H and O–H groups in total. The van der Waals surface area contributed by atoms with Gasteiger partial charge < -0.3 is 10.1 Å². The first-order valence-electron chi connectivity index (χ1n) is 6.70. The summed E-state index contributed by atoms with van der Waals surface area (Å²) in [6.45, 7) is 2.57. The van der Waals surface area contributed by atoms with Crippen molar-refractivity contribution in [1.29, 1.82) is 0 Å². The summed E-state index contributed by atoms with van der Waals surface area (Å²) in [5, 5.41) is 3.25. The van der Waals surface area contributed by atoms with E-state index in [1.807, 2.05) is 13.1 Å². The van der Waals surface area contributed by atoms with E-state index in [0.717, 1.165) is 31.5 Å². The molecule has 3 nitrogen and oxygen atoms in total. The van der Waals surface area contributed by atoms with Crippen molar-refractivity contribution in [3.8, 4) is 5.75 Å². The van der Waals surface area contributed by atoms with E-state index in [2.05, 4.69) is 15.0 Å². The van der Waals surface area contributed by atoms with Crippen molar-refractivity contribution >= 4 is 0 Å². The average Bonchev–Trinajstić information content (AvgIpc) is 2.38. The summed E-state index contributed by atoms with van der Waals surface area (Å²) in [6.07, 6.45) is -2.51. The van der Waals surface area contributed by atoms with Crippen LogP contribution < -0.4 is 10.1 Å². The normalized spacial score (nSPS) is 18.2. The topological polar surface area (TPSA) is 24.5 Å². The van der Waals surface area contributed by atoms with E-state index in [9.17, 15) is 13.2 Å². The van der Waals surface area contributed by atoms with Crippen molar-refractivity contribution in [2.75, 3.05) is 20.1 Å². The molecule has 1 aliphatic heterocycles. The van der Waals surface area contributed by atoms with Crippen LogP contribution in [0.25, 0.3) is 0 Å². The van der Waals surface area contributed by atoms with Crippen LogP contribution in [-0.2, 0) is 6.54 Å². The Morgan fingerprint density at radius 2 is 2.00 bits per heavy atom. The Hall–Kier alpha value is -1.27. The highest BCUT2D eigenvalue weighted by Crippen LogP contribution is 2.24. The number of nitrogens with zero attached hydrogens (tertiary/aromatic N) is 1. The number of halogens is 3. The van der Waals surface area contributed by atoms with Crippen LogP contribution in [-0.4, -0.2) is 37.4 Å². The molecule has 2 rings (SSSR count). The van der Waals surface area contributed by atoms with Crippen LogP contribution in [0.3, 0.4) is 0 Å². The Morgan fingerprint density at radius 3 is 2.60 bits per heavy atom. The molecule has 1 heterocycles. The molecule has 0 radical (unpaired) electrons. The quantitative estimate of drug-likeness (QED) is 0.922. The van der Waals surface area contributed by atoms with E-state index >= 15 is 0 Å². The molecule has 1 fully saturated rings. The second-order valence-electron chi connectivity index (χ2n) is 5.03. The molecular weight excluding hydrogens is 269 g/mol. The second-order valence-corrected chi connectivity index (χ2v) is 5.03. The molecule has 0 aliphatic carbocycles. The van der Waals surface area contributed by atoms with Gasteiger partial charge in [-0.15, -0.1) is 13.2 Å². The number of piperidine rings is 1. The lowest BCUT2D eigenvalue weighted by atomic mass is 10.0. The summed E-state index contributed by atoms with van der Waals surface area (Å²) < 4.78 is 40.5. The minimum atomic E-state index is -4.64. The Bertz CT molecular complexity index is 429. The van der Waals surface area contributed by atoms with E-state index in [0.29, 0.717) is 12.6 Å². The van der Waals surface area contributed by atoms with Crippen LogP contribution in [0.5, 0.6) is 5.75 Å². The van der Waals surface area contributed by atoms with Crippen LogP contribution in [0.2, 0.25) is 0 Å². The summed E-state index contributed by atoms with van der Waals surface area (Å²) in [6, 6.07) is 6.75. The minimum absolute atomic E-state index is 0.153. The Kier molecular flexibility index (Phi) is 4.88. The van der Waals surface area contributed by atoms with Gasteiger partial charge in [-0.2, -0.15) is 0 Å². The zero-order chi connectivity index (χ0) is 14.6. The van der Waals surface area contributed by atoms with Crippen molar-refractivity contribution in [2.24, 2.45) is 0 Å². The lowest BCUT2D eigenvalue weighted by molar-refractivity contribution is -0.274. The van der Waals surface area contributed by atoms with E-state index in [1.165, 1.54) is 12.1 Å². The Labute approximate surface area is 116 Å². The van der Waals surface area contributed by atoms with Gasteiger partial charge in [0.05, 0.1) is 0 Å². The molecule has 0 saturated carbocycles. The third-order valence-corrected chi connectivity index (χ3v) is 3.53. The zero-order valence-corrected chi connectivity index (χ0v) is 11.4. The number of rotatable bonds is 4. The highest BCUT2D eigenvalue weighted by Gasteiger charge is 2.31. The van der Waals surface area contributed by atoms with Crippen molar-refractivity contribution in [2.45, 2.75) is 31.8 Å². The van der Waals surface area contributed by atoms with Gasteiger partial charge in [-0.1, -0.05) is 12.1 Å². The van der Waals surface area contributed by atoms with Gasteiger partial charge in [-0.25, -0.2) is 0 Å². The lowest BCUT2D eigenvalue weighted by Gasteiger charge is -2.31. The predicted molar refractivity (Wildman–Crippen MR) is 70.5 cm³/mol. The first-order valence-corrected chi connectivity index (χ1v) is 6.70. The highest BCUT2D eigenvalue weighted by molar-refractivity contribution is 5.28. The predicted octanol–water partition coefficient (Wildman–Crippen LogP) is 2.77. The van der Waals surface area contributed by atoms with Crippen molar-refractivity contribution in [1.82, 2.24) is 10.2 Å². The number of likely N-dealkylation sites (tertiary alicyclic amines) is 1. The fourth-order valence-corrected chi connectivity index (χ4v) is 2.48. The number of nitrogens with one attached hydrogen (secondary N) is 1. The molecule has 112 valence electrons. The molecule has 0 spiro atoms. The van der Waals surface area contributed by atoms with Gasteiger partial charge in [0.1, 0.15) is 5.75 Å². The maximum atomic E-state index is 12.2. The monoisotopic (exact) mass is 288 g/mol. The fourth-order valence-electron chi connectivity index (χ4n) is 2.48. The maximum absolute atomic E-state index is 12.2. The van der Waals surface area contributed by atoms with E-state index in [1.54, 1.807) is 6.07 Å². The first kappa shape index (κ1) is 15.1. The number of benzene rings is 1. The average molecular weight is 288 g/mol. The van der Waals surface area contributed by atoms with Gasteiger partial charge >= 0.3 is 6.36 Å². The van der Waals surface area contributed by atoms with Crippen molar-refractivity contribution < 1.29 is 17.9 Å². The molecular formula is C14H19F3N2O. The van der Waals surface area contributed by atoms with Crippen molar-refractivity contribution in [3.05, 3.63) is 29.8 Å². The Morgan fingerprint density at radius 1 is 1.30 bits per heavy atom. The van der Waals surface area contributed by atoms with Crippen LogP contribution in [0, 0.1) is 0 Å². The Balaban J connectivity index is 1.92. The van der Waals surface area contributed by atoms with Crippen LogP contribution in [0.15, 0.2) is 24.3 Å². The molecule has 1 aromatic carbocycles. The minimum Gasteiger partial charge on any atom is -0.406 e. The van der Waals surface area contributed by atoms with E-state index in [-0.39, 0.29) is 5.75 Å². The molecule has 20 heavy (non-hydrogen) atoms. The largest absolute Gasteiger partial charge is 0.573 e. The summed E-state index contributed by atoms with van der Waals surface area (Å²) in [5.74, 6) is -0.153. The van der Waals surface area contributed by atoms with Crippen LogP contribution in [0.1, 0.15) is 18.4 Å². The van der Waals surface area contributed by atoms with E-state index < -0.39 is 6.36 Å². The summed E-state index contributed by atoms with van der Waals surface area (Å²) in [5.41, 5.74) is 0.842. The van der Waals surface area contributed by atoms with Gasteiger partial charge in [-0.3, -0.25) is 4.90 Å². The molecule has 6 heteroatoms. The third-order valence-electron chi connectivity index (χ3n) is 3.53. The molecule has 1 aromatic rings. The van der Waals surface area contributed by atoms with Crippen LogP contribution >= 0.6 is 0 Å². The number of ether oxygens (including phenoxy) is 1. The highest BCUT2D eigenvalue weighted by atomic mass is 19.4. The van der Waals surface area contributed by atoms with Crippen molar-refractivity contribution in [3.63, 3.8) is 0 Å². The number of alkyl halides is 3. The SMILES string of the molecule is CNC1CCN(Cc2cccc(OC(F)(F)F)c2)CC1. The molecule has 1 saturated heterocycles. The van der Waals surface area contributed by atoms with Gasteiger partial charge in [0, 0.05) is 12.6 Å². The maximum Gasteiger partial charge on any atom is 0.573 e. The third kappa shape index (κ3) is 4.68. The van der Waals surface area contributed by atoms with Crippen LogP contribution in [0.4, 0.5) is 13.2 Å². The second kappa shape index (κ2) is 6.45. The fraction of sp³-hybridized carbons (Fsp3) is 0.571. The molecule has 0 unspecified atom stereocenters. The molecule has 1 aliphatic rings. The van der Waals surface area contributed by atoms with Gasteiger partial charge in [0.2, 0.25) is 0 Å². The first-order chi connectivity index (χ1) is 9.46. The molecule has 0 amide bonds.